The number of halogens is 1. The van der Waals surface area contributed by atoms with Crippen LogP contribution in [0.15, 0.2) is 18.2 Å². The zero-order valence-corrected chi connectivity index (χ0v) is 13.7. The molecule has 0 bridgehead atoms. The third kappa shape index (κ3) is 3.55. The van der Waals surface area contributed by atoms with E-state index in [0.717, 1.165) is 12.8 Å². The lowest BCUT2D eigenvalue weighted by Crippen LogP contribution is -2.44. The Labute approximate surface area is 126 Å². The van der Waals surface area contributed by atoms with E-state index >= 15 is 0 Å². The van der Waals surface area contributed by atoms with E-state index in [4.69, 9.17) is 0 Å². The normalized spacial score (nSPS) is 16.6. The van der Waals surface area contributed by atoms with Crippen molar-refractivity contribution in [3.05, 3.63) is 29.6 Å². The maximum Gasteiger partial charge on any atom is 0.304 e. The molecule has 2 rings (SSSR count). The molecule has 0 spiro atoms. The third-order valence-electron chi connectivity index (χ3n) is 3.63. The molecule has 1 aromatic carbocycles. The SMILES string of the molecule is Cc1cc(N(CC(C)C)S(=O)(=O)N2CCCC2)ccc1F. The van der Waals surface area contributed by atoms with Crippen LogP contribution in [0.3, 0.4) is 0 Å². The molecular weight excluding hydrogens is 291 g/mol. The Hall–Kier alpha value is -1.14. The first kappa shape index (κ1) is 16.2. The van der Waals surface area contributed by atoms with Gasteiger partial charge < -0.3 is 0 Å². The maximum atomic E-state index is 13.4. The number of nitrogens with zero attached hydrogens (tertiary/aromatic N) is 2. The van der Waals surface area contributed by atoms with E-state index in [0.29, 0.717) is 30.9 Å². The molecule has 118 valence electrons. The maximum absolute atomic E-state index is 13.4. The number of hydrogen-bond acceptors (Lipinski definition) is 2. The van der Waals surface area contributed by atoms with Gasteiger partial charge in [0.15, 0.2) is 0 Å². The van der Waals surface area contributed by atoms with E-state index < -0.39 is 10.2 Å². The third-order valence-corrected chi connectivity index (χ3v) is 5.56. The van der Waals surface area contributed by atoms with Gasteiger partial charge in [0.05, 0.1) is 5.69 Å². The zero-order chi connectivity index (χ0) is 15.6. The van der Waals surface area contributed by atoms with Gasteiger partial charge in [0, 0.05) is 19.6 Å². The highest BCUT2D eigenvalue weighted by molar-refractivity contribution is 7.90. The van der Waals surface area contributed by atoms with Gasteiger partial charge in [-0.25, -0.2) is 4.39 Å². The van der Waals surface area contributed by atoms with Crippen LogP contribution in [0, 0.1) is 18.7 Å². The molecule has 4 nitrogen and oxygen atoms in total. The summed E-state index contributed by atoms with van der Waals surface area (Å²) in [5, 5.41) is 0. The lowest BCUT2D eigenvalue weighted by Gasteiger charge is -2.30. The number of rotatable bonds is 5. The summed E-state index contributed by atoms with van der Waals surface area (Å²) in [4.78, 5) is 0. The standard InChI is InChI=1S/C15H23FN2O2S/c1-12(2)11-18(14-6-7-15(16)13(3)10-14)21(19,20)17-8-4-5-9-17/h6-7,10,12H,4-5,8-9,11H2,1-3H3. The van der Waals surface area contributed by atoms with E-state index in [9.17, 15) is 12.8 Å². The first-order valence-electron chi connectivity index (χ1n) is 7.36. The summed E-state index contributed by atoms with van der Waals surface area (Å²) in [6, 6.07) is 4.47. The van der Waals surface area contributed by atoms with Crippen molar-refractivity contribution < 1.29 is 12.8 Å². The predicted octanol–water partition coefficient (Wildman–Crippen LogP) is 2.94. The molecule has 1 heterocycles. The molecule has 1 aliphatic rings. The van der Waals surface area contributed by atoms with E-state index in [2.05, 4.69) is 0 Å². The van der Waals surface area contributed by atoms with Gasteiger partial charge in [0.25, 0.3) is 0 Å². The van der Waals surface area contributed by atoms with Crippen LogP contribution < -0.4 is 4.31 Å². The van der Waals surface area contributed by atoms with Crippen LogP contribution in [0.4, 0.5) is 10.1 Å². The van der Waals surface area contributed by atoms with E-state index in [1.165, 1.54) is 14.7 Å². The van der Waals surface area contributed by atoms with Gasteiger partial charge in [-0.05, 0) is 49.4 Å². The Morgan fingerprint density at radius 1 is 1.29 bits per heavy atom. The van der Waals surface area contributed by atoms with Gasteiger partial charge in [-0.15, -0.1) is 0 Å². The molecule has 0 N–H and O–H groups in total. The summed E-state index contributed by atoms with van der Waals surface area (Å²) in [5.41, 5.74) is 0.993. The average molecular weight is 314 g/mol. The minimum absolute atomic E-state index is 0.188. The van der Waals surface area contributed by atoms with E-state index in [1.54, 1.807) is 19.1 Å². The molecule has 0 aromatic heterocycles. The number of aryl methyl sites for hydroxylation is 1. The van der Waals surface area contributed by atoms with Crippen LogP contribution in [0.2, 0.25) is 0 Å². The first-order chi connectivity index (χ1) is 9.82. The van der Waals surface area contributed by atoms with Crippen molar-refractivity contribution in [1.82, 2.24) is 4.31 Å². The molecule has 0 unspecified atom stereocenters. The van der Waals surface area contributed by atoms with Crippen molar-refractivity contribution in [2.45, 2.75) is 33.6 Å². The first-order valence-corrected chi connectivity index (χ1v) is 8.76. The lowest BCUT2D eigenvalue weighted by molar-refractivity contribution is 0.469. The van der Waals surface area contributed by atoms with Crippen molar-refractivity contribution in [1.29, 1.82) is 0 Å². The molecule has 1 saturated heterocycles. The van der Waals surface area contributed by atoms with Crippen LogP contribution in [-0.4, -0.2) is 32.4 Å². The molecule has 0 saturated carbocycles. The van der Waals surface area contributed by atoms with Crippen LogP contribution in [0.25, 0.3) is 0 Å². The van der Waals surface area contributed by atoms with Gasteiger partial charge in [-0.3, -0.25) is 4.31 Å². The summed E-state index contributed by atoms with van der Waals surface area (Å²) >= 11 is 0. The average Bonchev–Trinajstić information content (AvgIpc) is 2.93. The second-order valence-electron chi connectivity index (χ2n) is 5.97. The second-order valence-corrected chi connectivity index (χ2v) is 7.83. The highest BCUT2D eigenvalue weighted by Crippen LogP contribution is 2.26. The van der Waals surface area contributed by atoms with Crippen LogP contribution in [0.5, 0.6) is 0 Å². The molecule has 1 aliphatic heterocycles. The molecular formula is C15H23FN2O2S. The van der Waals surface area contributed by atoms with Gasteiger partial charge in [-0.1, -0.05) is 13.8 Å². The van der Waals surface area contributed by atoms with Crippen molar-refractivity contribution in [3.8, 4) is 0 Å². The van der Waals surface area contributed by atoms with E-state index in [1.807, 2.05) is 13.8 Å². The summed E-state index contributed by atoms with van der Waals surface area (Å²) in [6.07, 6.45) is 1.80. The zero-order valence-electron chi connectivity index (χ0n) is 12.8. The smallest absolute Gasteiger partial charge is 0.257 e. The largest absolute Gasteiger partial charge is 0.304 e. The Balaban J connectivity index is 2.39. The quantitative estimate of drug-likeness (QED) is 0.838. The highest BCUT2D eigenvalue weighted by atomic mass is 32.2. The summed E-state index contributed by atoms with van der Waals surface area (Å²) < 4.78 is 42.0. The molecule has 21 heavy (non-hydrogen) atoms. The fraction of sp³-hybridized carbons (Fsp3) is 0.600. The molecule has 1 aromatic rings. The Bertz CT molecular complexity index is 596. The van der Waals surface area contributed by atoms with Crippen molar-refractivity contribution in [2.24, 2.45) is 5.92 Å². The summed E-state index contributed by atoms with van der Waals surface area (Å²) in [6.45, 7) is 7.12. The Morgan fingerprint density at radius 3 is 2.43 bits per heavy atom. The van der Waals surface area contributed by atoms with Crippen LogP contribution >= 0.6 is 0 Å². The summed E-state index contributed by atoms with van der Waals surface area (Å²) in [5.74, 6) is -0.130. The molecule has 0 aliphatic carbocycles. The molecule has 6 heteroatoms. The number of hydrogen-bond donors (Lipinski definition) is 0. The minimum atomic E-state index is -3.53. The van der Waals surface area contributed by atoms with Gasteiger partial charge in [0.1, 0.15) is 5.82 Å². The van der Waals surface area contributed by atoms with Gasteiger partial charge in [0.2, 0.25) is 0 Å². The van der Waals surface area contributed by atoms with E-state index in [-0.39, 0.29) is 11.7 Å². The second kappa shape index (κ2) is 6.32. The fourth-order valence-electron chi connectivity index (χ4n) is 2.51. The summed E-state index contributed by atoms with van der Waals surface area (Å²) in [7, 11) is -3.53. The van der Waals surface area contributed by atoms with Gasteiger partial charge in [-0.2, -0.15) is 12.7 Å². The molecule has 0 atom stereocenters. The molecule has 0 amide bonds. The predicted molar refractivity (Wildman–Crippen MR) is 83.0 cm³/mol. The van der Waals surface area contributed by atoms with Crippen molar-refractivity contribution in [3.63, 3.8) is 0 Å². The minimum Gasteiger partial charge on any atom is -0.257 e. The van der Waals surface area contributed by atoms with Gasteiger partial charge >= 0.3 is 10.2 Å². The van der Waals surface area contributed by atoms with Crippen molar-refractivity contribution >= 4 is 15.9 Å². The van der Waals surface area contributed by atoms with Crippen LogP contribution in [-0.2, 0) is 10.2 Å². The monoisotopic (exact) mass is 314 g/mol. The lowest BCUT2D eigenvalue weighted by atomic mass is 10.2. The fourth-order valence-corrected chi connectivity index (χ4v) is 4.37. The number of anilines is 1. The Kier molecular flexibility index (Phi) is 4.88. The Morgan fingerprint density at radius 2 is 1.90 bits per heavy atom. The molecule has 1 fully saturated rings. The van der Waals surface area contributed by atoms with Crippen molar-refractivity contribution in [2.75, 3.05) is 23.9 Å². The highest BCUT2D eigenvalue weighted by Gasteiger charge is 2.32. The molecule has 0 radical (unpaired) electrons. The van der Waals surface area contributed by atoms with Crippen LogP contribution in [0.1, 0.15) is 32.3 Å². The number of benzene rings is 1. The topological polar surface area (TPSA) is 40.6 Å².